The van der Waals surface area contributed by atoms with E-state index in [9.17, 15) is 4.79 Å². The highest BCUT2D eigenvalue weighted by atomic mass is 28.4. The molecule has 3 rings (SSSR count). The van der Waals surface area contributed by atoms with Crippen LogP contribution >= 0.6 is 0 Å². The van der Waals surface area contributed by atoms with Crippen LogP contribution in [0.25, 0.3) is 0 Å². The maximum atomic E-state index is 12.2. The predicted octanol–water partition coefficient (Wildman–Crippen LogP) is 3.95. The molecule has 0 radical (unpaired) electrons. The van der Waals surface area contributed by atoms with Crippen LogP contribution in [0.15, 0.2) is 24.3 Å². The highest BCUT2D eigenvalue weighted by Crippen LogP contribution is 2.53. The van der Waals surface area contributed by atoms with Gasteiger partial charge in [-0.05, 0) is 42.5 Å². The van der Waals surface area contributed by atoms with Crippen molar-refractivity contribution in [1.82, 2.24) is 0 Å². The van der Waals surface area contributed by atoms with Gasteiger partial charge in [0.25, 0.3) is 0 Å². The van der Waals surface area contributed by atoms with Gasteiger partial charge in [-0.15, -0.1) is 0 Å². The van der Waals surface area contributed by atoms with Crippen LogP contribution in [-0.2, 0) is 9.22 Å². The molecule has 0 spiro atoms. The quantitative estimate of drug-likeness (QED) is 0.568. The van der Waals surface area contributed by atoms with Gasteiger partial charge in [0.05, 0.1) is 6.10 Å². The zero-order valence-corrected chi connectivity index (χ0v) is 14.2. The molecule has 2 bridgehead atoms. The molecule has 3 aliphatic rings. The van der Waals surface area contributed by atoms with Gasteiger partial charge in [0.2, 0.25) is 0 Å². The Labute approximate surface area is 123 Å². The number of rotatable bonds is 2. The molecule has 0 N–H and O–H groups in total. The van der Waals surface area contributed by atoms with E-state index in [1.807, 2.05) is 6.08 Å². The molecule has 0 aromatic rings. The van der Waals surface area contributed by atoms with E-state index in [0.717, 1.165) is 6.42 Å². The van der Waals surface area contributed by atoms with E-state index in [2.05, 4.69) is 46.0 Å². The second-order valence-electron chi connectivity index (χ2n) is 8.16. The molecular weight excluding hydrogens is 264 g/mol. The van der Waals surface area contributed by atoms with E-state index in [0.29, 0.717) is 23.5 Å². The van der Waals surface area contributed by atoms with Crippen LogP contribution in [0.1, 0.15) is 27.2 Å². The summed E-state index contributed by atoms with van der Waals surface area (Å²) < 4.78 is 6.62. The Morgan fingerprint density at radius 3 is 2.45 bits per heavy atom. The van der Waals surface area contributed by atoms with Gasteiger partial charge >= 0.3 is 0 Å². The molecule has 0 amide bonds. The molecular formula is C17H26O2Si. The van der Waals surface area contributed by atoms with Crippen molar-refractivity contribution in [2.45, 2.75) is 51.4 Å². The third-order valence-electron chi connectivity index (χ3n) is 5.92. The van der Waals surface area contributed by atoms with E-state index < -0.39 is 8.32 Å². The maximum absolute atomic E-state index is 12.2. The fourth-order valence-electron chi connectivity index (χ4n) is 3.77. The Morgan fingerprint density at radius 1 is 1.15 bits per heavy atom. The average molecular weight is 290 g/mol. The van der Waals surface area contributed by atoms with Gasteiger partial charge in [-0.3, -0.25) is 4.79 Å². The van der Waals surface area contributed by atoms with Crippen molar-refractivity contribution >= 4 is 14.1 Å². The number of allylic oxidation sites excluding steroid dienone is 3. The lowest BCUT2D eigenvalue weighted by atomic mass is 9.74. The first-order valence-electron chi connectivity index (χ1n) is 7.79. The fraction of sp³-hybridized carbons (Fsp3) is 0.706. The first-order valence-corrected chi connectivity index (χ1v) is 10.7. The third-order valence-corrected chi connectivity index (χ3v) is 10.4. The number of carbonyl (C=O) groups excluding carboxylic acids is 1. The summed E-state index contributed by atoms with van der Waals surface area (Å²) in [6.07, 6.45) is 9.69. The lowest BCUT2D eigenvalue weighted by molar-refractivity contribution is -0.122. The second kappa shape index (κ2) is 4.41. The van der Waals surface area contributed by atoms with E-state index in [-0.39, 0.29) is 17.1 Å². The lowest BCUT2D eigenvalue weighted by Crippen LogP contribution is -2.48. The Kier molecular flexibility index (Phi) is 3.15. The zero-order chi connectivity index (χ0) is 14.7. The van der Waals surface area contributed by atoms with Gasteiger partial charge in [0.1, 0.15) is 0 Å². The van der Waals surface area contributed by atoms with Crippen LogP contribution in [-0.4, -0.2) is 20.2 Å². The van der Waals surface area contributed by atoms with Crippen molar-refractivity contribution in [3.63, 3.8) is 0 Å². The predicted molar refractivity (Wildman–Crippen MR) is 83.9 cm³/mol. The molecule has 0 unspecified atom stereocenters. The Balaban J connectivity index is 1.86. The molecule has 3 aliphatic carbocycles. The molecule has 110 valence electrons. The molecule has 1 saturated carbocycles. The molecule has 0 heterocycles. The van der Waals surface area contributed by atoms with E-state index >= 15 is 0 Å². The van der Waals surface area contributed by atoms with Gasteiger partial charge in [-0.2, -0.15) is 0 Å². The van der Waals surface area contributed by atoms with Crippen molar-refractivity contribution in [2.75, 3.05) is 0 Å². The Bertz CT molecular complexity index is 484. The minimum atomic E-state index is -1.79. The highest BCUT2D eigenvalue weighted by Gasteiger charge is 2.53. The summed E-state index contributed by atoms with van der Waals surface area (Å²) in [7, 11) is -1.79. The second-order valence-corrected chi connectivity index (χ2v) is 12.9. The number of ketones is 1. The number of hydrogen-bond donors (Lipinski definition) is 0. The molecule has 2 nitrogen and oxygen atoms in total. The normalized spacial score (nSPS) is 39.5. The minimum absolute atomic E-state index is 0.138. The first kappa shape index (κ1) is 14.3. The maximum Gasteiger partial charge on any atom is 0.192 e. The number of carbonyl (C=O) groups is 1. The van der Waals surface area contributed by atoms with Crippen molar-refractivity contribution in [3.05, 3.63) is 24.3 Å². The summed E-state index contributed by atoms with van der Waals surface area (Å²) in [5.74, 6) is 1.91. The van der Waals surface area contributed by atoms with Gasteiger partial charge in [-0.1, -0.05) is 39.0 Å². The van der Waals surface area contributed by atoms with E-state index in [1.165, 1.54) is 0 Å². The fourth-order valence-corrected chi connectivity index (χ4v) is 5.04. The smallest absolute Gasteiger partial charge is 0.192 e. The van der Waals surface area contributed by atoms with E-state index in [1.54, 1.807) is 6.08 Å². The minimum Gasteiger partial charge on any atom is -0.410 e. The molecule has 3 heteroatoms. The van der Waals surface area contributed by atoms with Crippen LogP contribution in [0.4, 0.5) is 0 Å². The van der Waals surface area contributed by atoms with Crippen LogP contribution < -0.4 is 0 Å². The Hall–Kier alpha value is -0.673. The molecule has 0 aliphatic heterocycles. The third kappa shape index (κ3) is 2.06. The molecule has 1 fully saturated rings. The van der Waals surface area contributed by atoms with Crippen LogP contribution in [0.5, 0.6) is 0 Å². The summed E-state index contributed by atoms with van der Waals surface area (Å²) in [4.78, 5) is 12.2. The van der Waals surface area contributed by atoms with Gasteiger partial charge in [-0.25, -0.2) is 0 Å². The molecule has 20 heavy (non-hydrogen) atoms. The van der Waals surface area contributed by atoms with Crippen LogP contribution in [0.2, 0.25) is 18.1 Å². The molecule has 0 aromatic heterocycles. The van der Waals surface area contributed by atoms with Crippen molar-refractivity contribution < 1.29 is 9.22 Å². The van der Waals surface area contributed by atoms with Crippen LogP contribution in [0.3, 0.4) is 0 Å². The Morgan fingerprint density at radius 2 is 1.80 bits per heavy atom. The van der Waals surface area contributed by atoms with Crippen molar-refractivity contribution in [1.29, 1.82) is 0 Å². The topological polar surface area (TPSA) is 26.3 Å². The molecule has 0 saturated heterocycles. The van der Waals surface area contributed by atoms with Gasteiger partial charge in [0, 0.05) is 11.8 Å². The summed E-state index contributed by atoms with van der Waals surface area (Å²) in [6, 6.07) is 0. The summed E-state index contributed by atoms with van der Waals surface area (Å²) in [6.45, 7) is 11.4. The standard InChI is InChI=1S/C17H26O2Si/c1-17(2,3)20(4,5)19-14-9-8-13(18)15-11-6-7-12(10-11)16(14)15/h6-9,11-12,14-16H,10H2,1-5H3/t11-,12+,14-,15+,16-/m1/s1. The SMILES string of the molecule is CC(C)(C)[Si](C)(C)O[C@@H]1C=CC(=O)[C@H]2[C@@H]1[C@H]1C=C[C@@H]2C1. The van der Waals surface area contributed by atoms with E-state index in [4.69, 9.17) is 4.43 Å². The first-order chi connectivity index (χ1) is 9.21. The van der Waals surface area contributed by atoms with Crippen molar-refractivity contribution in [3.8, 4) is 0 Å². The summed E-state index contributed by atoms with van der Waals surface area (Å²) >= 11 is 0. The summed E-state index contributed by atoms with van der Waals surface area (Å²) in [5.41, 5.74) is 0. The highest BCUT2D eigenvalue weighted by molar-refractivity contribution is 6.74. The number of hydrogen-bond acceptors (Lipinski definition) is 2. The monoisotopic (exact) mass is 290 g/mol. The average Bonchev–Trinajstić information content (AvgIpc) is 2.92. The van der Waals surface area contributed by atoms with Crippen LogP contribution in [0, 0.1) is 23.7 Å². The van der Waals surface area contributed by atoms with Gasteiger partial charge < -0.3 is 4.43 Å². The molecule has 5 atom stereocenters. The van der Waals surface area contributed by atoms with Crippen molar-refractivity contribution in [2.24, 2.45) is 23.7 Å². The molecule has 0 aromatic carbocycles. The summed E-state index contributed by atoms with van der Waals surface area (Å²) in [5, 5.41) is 0.214. The zero-order valence-electron chi connectivity index (χ0n) is 13.2. The largest absolute Gasteiger partial charge is 0.410 e. The number of fused-ring (bicyclic) bond motifs is 5. The van der Waals surface area contributed by atoms with Gasteiger partial charge in [0.15, 0.2) is 14.1 Å². The lowest BCUT2D eigenvalue weighted by Gasteiger charge is -2.43.